The van der Waals surface area contributed by atoms with E-state index in [-0.39, 0.29) is 11.8 Å². The molecule has 1 aromatic heterocycles. The quantitative estimate of drug-likeness (QED) is 0.381. The van der Waals surface area contributed by atoms with Gasteiger partial charge in [-0.2, -0.15) is 0 Å². The zero-order chi connectivity index (χ0) is 23.7. The highest BCUT2D eigenvalue weighted by Gasteiger charge is 2.35. The average molecular weight is 456 g/mol. The molecule has 1 aliphatic heterocycles. The summed E-state index contributed by atoms with van der Waals surface area (Å²) < 4.78 is 13.7. The van der Waals surface area contributed by atoms with Crippen LogP contribution in [0, 0.1) is 13.8 Å². The van der Waals surface area contributed by atoms with Crippen LogP contribution in [-0.4, -0.2) is 35.7 Å². The largest absolute Gasteiger partial charge is 0.493 e. The molecule has 0 bridgehead atoms. The maximum absolute atomic E-state index is 13.0. The Balaban J connectivity index is 1.40. The van der Waals surface area contributed by atoms with E-state index in [1.165, 1.54) is 11.1 Å². The lowest BCUT2D eigenvalue weighted by molar-refractivity contribution is -0.117. The van der Waals surface area contributed by atoms with Crippen molar-refractivity contribution in [2.24, 2.45) is 0 Å². The van der Waals surface area contributed by atoms with Crippen molar-refractivity contribution in [3.05, 3.63) is 83.7 Å². The molecule has 0 aliphatic carbocycles. The van der Waals surface area contributed by atoms with Crippen LogP contribution in [0.5, 0.6) is 11.5 Å². The van der Waals surface area contributed by atoms with Gasteiger partial charge in [0.1, 0.15) is 12.4 Å². The monoisotopic (exact) mass is 455 g/mol. The first kappa shape index (κ1) is 22.0. The first-order valence-electron chi connectivity index (χ1n) is 11.6. The zero-order valence-corrected chi connectivity index (χ0v) is 19.8. The lowest BCUT2D eigenvalue weighted by atomic mass is 10.1. The van der Waals surface area contributed by atoms with Crippen LogP contribution in [0.25, 0.3) is 11.0 Å². The highest BCUT2D eigenvalue weighted by Crippen LogP contribution is 2.34. The summed E-state index contributed by atoms with van der Waals surface area (Å²) in [6.07, 6.45) is 0.448. The Labute approximate surface area is 199 Å². The van der Waals surface area contributed by atoms with Gasteiger partial charge < -0.3 is 18.9 Å². The summed E-state index contributed by atoms with van der Waals surface area (Å²) in [4.78, 5) is 19.8. The number of carbonyl (C=O) groups excluding carboxylic acids is 1. The minimum Gasteiger partial charge on any atom is -0.493 e. The summed E-state index contributed by atoms with van der Waals surface area (Å²) in [5.41, 5.74) is 5.36. The van der Waals surface area contributed by atoms with E-state index in [0.29, 0.717) is 37.6 Å². The molecule has 0 unspecified atom stereocenters. The smallest absolute Gasteiger partial charge is 0.227 e. The molecular weight excluding hydrogens is 426 g/mol. The van der Waals surface area contributed by atoms with E-state index in [1.807, 2.05) is 53.4 Å². The molecule has 2 heterocycles. The minimum absolute atomic E-state index is 0.0211. The van der Waals surface area contributed by atoms with Gasteiger partial charge in [0.15, 0.2) is 11.5 Å². The van der Waals surface area contributed by atoms with Crippen LogP contribution >= 0.6 is 0 Å². The van der Waals surface area contributed by atoms with Gasteiger partial charge in [-0.25, -0.2) is 4.98 Å². The molecule has 6 heteroatoms. The number of nitrogens with zero attached hydrogens (tertiary/aromatic N) is 3. The molecular formula is C28H29N3O3. The number of para-hydroxylation sites is 4. The Hall–Kier alpha value is -3.80. The fraction of sp³-hybridized carbons (Fsp3) is 0.286. The summed E-state index contributed by atoms with van der Waals surface area (Å²) in [6.45, 7) is 5.89. The average Bonchev–Trinajstić information content (AvgIpc) is 3.42. The molecule has 1 saturated heterocycles. The van der Waals surface area contributed by atoms with Gasteiger partial charge in [0.25, 0.3) is 0 Å². The van der Waals surface area contributed by atoms with Crippen molar-refractivity contribution in [2.45, 2.75) is 32.7 Å². The third-order valence-corrected chi connectivity index (χ3v) is 6.62. The first-order valence-corrected chi connectivity index (χ1v) is 11.6. The van der Waals surface area contributed by atoms with Gasteiger partial charge in [-0.1, -0.05) is 30.3 Å². The molecule has 1 amide bonds. The number of hydrogen-bond acceptors (Lipinski definition) is 4. The summed E-state index contributed by atoms with van der Waals surface area (Å²) in [7, 11) is 1.64. The lowest BCUT2D eigenvalue weighted by Crippen LogP contribution is -2.24. The molecule has 0 radical (unpaired) electrons. The van der Waals surface area contributed by atoms with Crippen LogP contribution in [-0.2, 0) is 11.3 Å². The molecule has 0 saturated carbocycles. The number of fused-ring (bicyclic) bond motifs is 1. The number of anilines is 1. The van der Waals surface area contributed by atoms with E-state index in [2.05, 4.69) is 36.6 Å². The fourth-order valence-corrected chi connectivity index (χ4v) is 4.65. The molecule has 34 heavy (non-hydrogen) atoms. The molecule has 1 aliphatic rings. The predicted molar refractivity (Wildman–Crippen MR) is 134 cm³/mol. The number of benzene rings is 3. The van der Waals surface area contributed by atoms with E-state index in [1.54, 1.807) is 7.11 Å². The zero-order valence-electron chi connectivity index (χ0n) is 19.8. The molecule has 0 spiro atoms. The molecule has 1 atom stereocenters. The molecule has 1 fully saturated rings. The Morgan fingerprint density at radius 2 is 1.74 bits per heavy atom. The van der Waals surface area contributed by atoms with E-state index >= 15 is 0 Å². The van der Waals surface area contributed by atoms with Crippen molar-refractivity contribution in [3.63, 3.8) is 0 Å². The number of hydrogen-bond donors (Lipinski definition) is 0. The third kappa shape index (κ3) is 4.12. The number of aryl methyl sites for hydroxylation is 2. The van der Waals surface area contributed by atoms with Crippen molar-refractivity contribution in [1.29, 1.82) is 0 Å². The fourth-order valence-electron chi connectivity index (χ4n) is 4.65. The van der Waals surface area contributed by atoms with Crippen molar-refractivity contribution in [3.8, 4) is 11.5 Å². The normalized spacial score (nSPS) is 15.8. The van der Waals surface area contributed by atoms with E-state index < -0.39 is 0 Å². The number of aromatic nitrogens is 2. The Bertz CT molecular complexity index is 1340. The van der Waals surface area contributed by atoms with Gasteiger partial charge in [-0.15, -0.1) is 0 Å². The van der Waals surface area contributed by atoms with Crippen LogP contribution in [0.4, 0.5) is 5.69 Å². The first-order chi connectivity index (χ1) is 16.5. The number of amides is 1. The van der Waals surface area contributed by atoms with Gasteiger partial charge >= 0.3 is 0 Å². The van der Waals surface area contributed by atoms with Crippen molar-refractivity contribution in [1.82, 2.24) is 9.55 Å². The van der Waals surface area contributed by atoms with E-state index in [4.69, 9.17) is 14.5 Å². The summed E-state index contributed by atoms with van der Waals surface area (Å²) in [5.74, 6) is 2.52. The third-order valence-electron chi connectivity index (χ3n) is 6.62. The van der Waals surface area contributed by atoms with Crippen LogP contribution in [0.2, 0.25) is 0 Å². The van der Waals surface area contributed by atoms with Crippen LogP contribution < -0.4 is 14.4 Å². The van der Waals surface area contributed by atoms with E-state index in [9.17, 15) is 4.79 Å². The topological polar surface area (TPSA) is 56.6 Å². The second-order valence-electron chi connectivity index (χ2n) is 8.78. The summed E-state index contributed by atoms with van der Waals surface area (Å²) in [5, 5.41) is 0. The van der Waals surface area contributed by atoms with E-state index in [0.717, 1.165) is 22.5 Å². The maximum Gasteiger partial charge on any atom is 0.227 e. The van der Waals surface area contributed by atoms with Crippen LogP contribution in [0.3, 0.4) is 0 Å². The Morgan fingerprint density at radius 3 is 2.53 bits per heavy atom. The van der Waals surface area contributed by atoms with Gasteiger partial charge in [0.2, 0.25) is 5.91 Å². The molecule has 6 nitrogen and oxygen atoms in total. The highest BCUT2D eigenvalue weighted by molar-refractivity contribution is 5.96. The predicted octanol–water partition coefficient (Wildman–Crippen LogP) is 5.26. The Kier molecular flexibility index (Phi) is 5.97. The standard InChI is InChI=1S/C28H29N3O3/c1-19-12-13-22(16-20(19)2)31-18-21(17-27(31)32)28-29-23-8-4-5-9-24(23)30(28)14-15-34-26-11-7-6-10-25(26)33-3/h4-13,16,21H,14-15,17-18H2,1-3H3/t21-/m0/s1. The summed E-state index contributed by atoms with van der Waals surface area (Å²) in [6, 6.07) is 22.0. The second kappa shape index (κ2) is 9.21. The molecule has 3 aromatic carbocycles. The van der Waals surface area contributed by atoms with Gasteiger partial charge in [-0.3, -0.25) is 4.79 Å². The molecule has 174 valence electrons. The number of rotatable bonds is 7. The number of ether oxygens (including phenoxy) is 2. The van der Waals surface area contributed by atoms with Gasteiger partial charge in [0, 0.05) is 24.6 Å². The second-order valence-corrected chi connectivity index (χ2v) is 8.78. The number of imidazole rings is 1. The number of methoxy groups -OCH3 is 1. The SMILES string of the molecule is COc1ccccc1OCCn1c([C@H]2CC(=O)N(c3ccc(C)c(C)c3)C2)nc2ccccc21. The van der Waals surface area contributed by atoms with Crippen molar-refractivity contribution in [2.75, 3.05) is 25.2 Å². The Morgan fingerprint density at radius 1 is 0.971 bits per heavy atom. The van der Waals surface area contributed by atoms with Crippen molar-refractivity contribution >= 4 is 22.6 Å². The summed E-state index contributed by atoms with van der Waals surface area (Å²) >= 11 is 0. The minimum atomic E-state index is 0.0211. The molecule has 5 rings (SSSR count). The lowest BCUT2D eigenvalue weighted by Gasteiger charge is -2.19. The van der Waals surface area contributed by atoms with Crippen molar-refractivity contribution < 1.29 is 14.3 Å². The molecule has 4 aromatic rings. The van der Waals surface area contributed by atoms with Crippen LogP contribution in [0.15, 0.2) is 66.7 Å². The maximum atomic E-state index is 13.0. The highest BCUT2D eigenvalue weighted by atomic mass is 16.5. The number of carbonyl (C=O) groups is 1. The van der Waals surface area contributed by atoms with Gasteiger partial charge in [0.05, 0.1) is 24.7 Å². The van der Waals surface area contributed by atoms with Crippen LogP contribution in [0.1, 0.15) is 29.3 Å². The molecule has 0 N–H and O–H groups in total. The van der Waals surface area contributed by atoms with Gasteiger partial charge in [-0.05, 0) is 61.4 Å².